The van der Waals surface area contributed by atoms with Gasteiger partial charge in [0.15, 0.2) is 0 Å². The summed E-state index contributed by atoms with van der Waals surface area (Å²) < 4.78 is 23.5. The van der Waals surface area contributed by atoms with Crippen molar-refractivity contribution in [3.63, 3.8) is 0 Å². The zero-order chi connectivity index (χ0) is 29.3. The van der Waals surface area contributed by atoms with Crippen molar-refractivity contribution in [3.05, 3.63) is 83.7 Å². The fourth-order valence-corrected chi connectivity index (χ4v) is 4.09. The van der Waals surface area contributed by atoms with Crippen molar-refractivity contribution in [1.82, 2.24) is 21.3 Å². The maximum Gasteiger partial charge on any atom is 0.408 e. The lowest BCUT2D eigenvalue weighted by molar-refractivity contribution is -0.130. The van der Waals surface area contributed by atoms with E-state index < -0.39 is 24.1 Å². The van der Waals surface area contributed by atoms with E-state index in [0.717, 1.165) is 11.1 Å². The average molecular weight is 569 g/mol. The molecule has 0 aromatic heterocycles. The van der Waals surface area contributed by atoms with Gasteiger partial charge >= 0.3 is 6.09 Å². The highest BCUT2D eigenvalue weighted by molar-refractivity contribution is 5.91. The minimum absolute atomic E-state index is 0.0417. The molecule has 0 saturated carbocycles. The van der Waals surface area contributed by atoms with Crippen LogP contribution in [0.15, 0.2) is 66.7 Å². The van der Waals surface area contributed by atoms with Gasteiger partial charge in [0, 0.05) is 19.5 Å². The van der Waals surface area contributed by atoms with E-state index in [2.05, 4.69) is 21.3 Å². The highest BCUT2D eigenvalue weighted by atomic mass is 19.1. The number of rotatable bonds is 11. The molecule has 220 valence electrons. The van der Waals surface area contributed by atoms with Gasteiger partial charge in [0.05, 0.1) is 6.61 Å². The Labute approximate surface area is 239 Å². The summed E-state index contributed by atoms with van der Waals surface area (Å²) in [6, 6.07) is 13.4. The van der Waals surface area contributed by atoms with Crippen molar-refractivity contribution in [2.45, 2.75) is 50.8 Å². The van der Waals surface area contributed by atoms with E-state index in [1.54, 1.807) is 18.2 Å². The van der Waals surface area contributed by atoms with Crippen LogP contribution >= 0.6 is 0 Å². The molecule has 3 rings (SSSR count). The molecule has 10 nitrogen and oxygen atoms in total. The number of alkyl carbamates (subject to hydrolysis) is 1. The highest BCUT2D eigenvalue weighted by Gasteiger charge is 2.27. The number of cyclic esters (lactones) is 1. The van der Waals surface area contributed by atoms with Crippen LogP contribution in [0, 0.1) is 5.82 Å². The fourth-order valence-electron chi connectivity index (χ4n) is 4.09. The topological polar surface area (TPSA) is 135 Å². The van der Waals surface area contributed by atoms with Gasteiger partial charge in [-0.2, -0.15) is 0 Å². The number of unbranched alkanes of at least 4 members (excludes halogenated alkanes) is 1. The van der Waals surface area contributed by atoms with Crippen LogP contribution in [0.25, 0.3) is 0 Å². The zero-order valence-electron chi connectivity index (χ0n) is 22.9. The maximum absolute atomic E-state index is 13.2. The molecular weight excluding hydrogens is 531 g/mol. The smallest absolute Gasteiger partial charge is 0.408 e. The maximum atomic E-state index is 13.2. The molecule has 0 spiro atoms. The Morgan fingerprint density at radius 2 is 1.71 bits per heavy atom. The number of ether oxygens (including phenoxy) is 2. The first-order valence-corrected chi connectivity index (χ1v) is 13.7. The van der Waals surface area contributed by atoms with Crippen molar-refractivity contribution in [2.75, 3.05) is 26.3 Å². The third-order valence-electron chi connectivity index (χ3n) is 6.27. The molecule has 1 heterocycles. The summed E-state index contributed by atoms with van der Waals surface area (Å²) in [7, 11) is 0. The molecule has 0 saturated heterocycles. The molecule has 0 fully saturated rings. The van der Waals surface area contributed by atoms with Crippen LogP contribution in [0.4, 0.5) is 9.18 Å². The van der Waals surface area contributed by atoms with Crippen molar-refractivity contribution in [1.29, 1.82) is 0 Å². The lowest BCUT2D eigenvalue weighted by atomic mass is 10.0. The fraction of sp³-hybridized carbons (Fsp3) is 0.400. The predicted octanol–water partition coefficient (Wildman–Crippen LogP) is 2.53. The SMILES string of the molecule is O=C(COCc1ccc(F)cc1)NCCCC[C@@H]1NC(=O)OCC=CCCNC(=O)[C@@H](Cc2ccccc2)NC1=O. The average Bonchev–Trinajstić information content (AvgIpc) is 2.96. The van der Waals surface area contributed by atoms with Gasteiger partial charge in [0.2, 0.25) is 17.7 Å². The lowest BCUT2D eigenvalue weighted by Crippen LogP contribution is -2.54. The van der Waals surface area contributed by atoms with Crippen molar-refractivity contribution in [3.8, 4) is 0 Å². The van der Waals surface area contributed by atoms with Gasteiger partial charge in [-0.15, -0.1) is 0 Å². The van der Waals surface area contributed by atoms with Gasteiger partial charge in [0.25, 0.3) is 0 Å². The number of carbonyl (C=O) groups is 4. The quantitative estimate of drug-likeness (QED) is 0.243. The first kappa shape index (κ1) is 31.3. The number of benzene rings is 2. The van der Waals surface area contributed by atoms with Crippen LogP contribution in [0.5, 0.6) is 0 Å². The van der Waals surface area contributed by atoms with E-state index >= 15 is 0 Å². The summed E-state index contributed by atoms with van der Waals surface area (Å²) in [5.74, 6) is -1.44. The largest absolute Gasteiger partial charge is 0.445 e. The van der Waals surface area contributed by atoms with Crippen molar-refractivity contribution in [2.24, 2.45) is 0 Å². The van der Waals surface area contributed by atoms with Gasteiger partial charge < -0.3 is 30.7 Å². The van der Waals surface area contributed by atoms with Gasteiger partial charge in [-0.05, 0) is 48.9 Å². The third kappa shape index (κ3) is 12.2. The molecule has 2 aromatic rings. The molecule has 2 aromatic carbocycles. The normalized spacial score (nSPS) is 18.3. The van der Waals surface area contributed by atoms with Crippen LogP contribution in [0.1, 0.15) is 36.8 Å². The third-order valence-corrected chi connectivity index (χ3v) is 6.27. The number of nitrogens with one attached hydrogen (secondary N) is 4. The standard InChI is InChI=1S/C30H37FN4O6/c31-24-14-12-23(13-15-24)20-40-21-27(36)32-16-7-5-11-25-29(38)34-26(19-22-9-3-1-4-10-22)28(37)33-17-6-2-8-18-41-30(39)35-25/h1-4,8-10,12-15,25-26H,5-7,11,16-21H2,(H,32,36)(H,33,37)(H,34,38)(H,35,39)/t25-,26+/m0/s1. The van der Waals surface area contributed by atoms with E-state index in [0.29, 0.717) is 38.8 Å². The first-order chi connectivity index (χ1) is 19.9. The summed E-state index contributed by atoms with van der Waals surface area (Å²) >= 11 is 0. The van der Waals surface area contributed by atoms with Crippen LogP contribution in [0.3, 0.4) is 0 Å². The van der Waals surface area contributed by atoms with Crippen molar-refractivity contribution < 1.29 is 33.0 Å². The van der Waals surface area contributed by atoms with Crippen LogP contribution in [-0.4, -0.2) is 62.2 Å². The Balaban J connectivity index is 1.49. The molecule has 0 aliphatic carbocycles. The van der Waals surface area contributed by atoms with Crippen LogP contribution in [-0.2, 0) is 36.9 Å². The minimum atomic E-state index is -0.935. The second-order valence-electron chi connectivity index (χ2n) is 9.56. The van der Waals surface area contributed by atoms with Gasteiger partial charge in [-0.25, -0.2) is 9.18 Å². The minimum Gasteiger partial charge on any atom is -0.445 e. The molecule has 2 atom stereocenters. The van der Waals surface area contributed by atoms with Crippen LogP contribution < -0.4 is 21.3 Å². The number of hydrogen-bond acceptors (Lipinski definition) is 6. The molecule has 4 N–H and O–H groups in total. The molecule has 4 amide bonds. The summed E-state index contributed by atoms with van der Waals surface area (Å²) in [6.07, 6.45) is 4.92. The van der Waals surface area contributed by atoms with Gasteiger partial charge in [-0.3, -0.25) is 14.4 Å². The molecule has 1 aliphatic rings. The summed E-state index contributed by atoms with van der Waals surface area (Å²) in [5.41, 5.74) is 1.64. The zero-order valence-corrected chi connectivity index (χ0v) is 22.9. The molecule has 0 unspecified atom stereocenters. The Hall–Kier alpha value is -4.25. The molecular formula is C30H37FN4O6. The van der Waals surface area contributed by atoms with Gasteiger partial charge in [0.1, 0.15) is 31.1 Å². The van der Waals surface area contributed by atoms with E-state index in [1.165, 1.54) is 12.1 Å². The Bertz CT molecular complexity index is 1160. The van der Waals surface area contributed by atoms with E-state index in [9.17, 15) is 23.6 Å². The number of amides is 4. The first-order valence-electron chi connectivity index (χ1n) is 13.7. The molecule has 0 radical (unpaired) electrons. The highest BCUT2D eigenvalue weighted by Crippen LogP contribution is 2.08. The van der Waals surface area contributed by atoms with E-state index in [4.69, 9.17) is 9.47 Å². The molecule has 41 heavy (non-hydrogen) atoms. The number of halogens is 1. The number of hydrogen-bond donors (Lipinski definition) is 4. The molecule has 1 aliphatic heterocycles. The second kappa shape index (κ2) is 17.4. The predicted molar refractivity (Wildman–Crippen MR) is 150 cm³/mol. The van der Waals surface area contributed by atoms with E-state index in [-0.39, 0.29) is 43.9 Å². The summed E-state index contributed by atoms with van der Waals surface area (Å²) in [6.45, 7) is 0.816. The Kier molecular flexibility index (Phi) is 13.3. The Morgan fingerprint density at radius 1 is 0.927 bits per heavy atom. The number of carbonyl (C=O) groups excluding carboxylic acids is 4. The van der Waals surface area contributed by atoms with Crippen LogP contribution in [0.2, 0.25) is 0 Å². The van der Waals surface area contributed by atoms with Crippen molar-refractivity contribution >= 4 is 23.8 Å². The van der Waals surface area contributed by atoms with Gasteiger partial charge in [-0.1, -0.05) is 54.6 Å². The summed E-state index contributed by atoms with van der Waals surface area (Å²) in [5, 5.41) is 11.0. The van der Waals surface area contributed by atoms with E-state index in [1.807, 2.05) is 36.4 Å². The molecule has 11 heteroatoms. The Morgan fingerprint density at radius 3 is 2.49 bits per heavy atom. The second-order valence-corrected chi connectivity index (χ2v) is 9.56. The lowest BCUT2D eigenvalue weighted by Gasteiger charge is -2.23. The monoisotopic (exact) mass is 568 g/mol. The molecule has 0 bridgehead atoms. The summed E-state index contributed by atoms with van der Waals surface area (Å²) in [4.78, 5) is 50.5.